The van der Waals surface area contributed by atoms with Crippen LogP contribution in [0.2, 0.25) is 10.0 Å². The average Bonchev–Trinajstić information content (AvgIpc) is 2.57. The second kappa shape index (κ2) is 9.47. The van der Waals surface area contributed by atoms with E-state index in [4.69, 9.17) is 23.2 Å². The number of hydrogen-bond donors (Lipinski definition) is 2. The second-order valence-corrected chi connectivity index (χ2v) is 7.14. The summed E-state index contributed by atoms with van der Waals surface area (Å²) in [7, 11) is 0. The van der Waals surface area contributed by atoms with E-state index in [1.807, 2.05) is 0 Å². The zero-order valence-corrected chi connectivity index (χ0v) is 15.8. The number of urea groups is 1. The molecule has 1 aromatic rings. The predicted molar refractivity (Wildman–Crippen MR) is 101 cm³/mol. The molecule has 1 aromatic carbocycles. The number of likely N-dealkylation sites (N-methyl/N-ethyl adjacent to an activating group) is 1. The van der Waals surface area contributed by atoms with Gasteiger partial charge in [0.15, 0.2) is 0 Å². The van der Waals surface area contributed by atoms with E-state index in [0.29, 0.717) is 28.2 Å². The van der Waals surface area contributed by atoms with Gasteiger partial charge < -0.3 is 20.4 Å². The lowest BCUT2D eigenvalue weighted by molar-refractivity contribution is 0.124. The first-order chi connectivity index (χ1) is 11.5. The van der Waals surface area contributed by atoms with Gasteiger partial charge in [0.1, 0.15) is 0 Å². The first-order valence-electron chi connectivity index (χ1n) is 8.42. The Kier molecular flexibility index (Phi) is 7.62. The van der Waals surface area contributed by atoms with Crippen molar-refractivity contribution in [2.75, 3.05) is 51.1 Å². The SMILES string of the molecule is CCN1CCN(CC(C)CNC(=O)Nc2cc(Cl)ccc2Cl)CC1. The molecule has 0 spiro atoms. The number of carbonyl (C=O) groups is 1. The normalized spacial score (nSPS) is 17.5. The lowest BCUT2D eigenvalue weighted by atomic mass is 10.1. The Labute approximate surface area is 154 Å². The van der Waals surface area contributed by atoms with Crippen LogP contribution < -0.4 is 10.6 Å². The number of amides is 2. The van der Waals surface area contributed by atoms with Crippen LogP contribution in [0.5, 0.6) is 0 Å². The second-order valence-electron chi connectivity index (χ2n) is 6.30. The van der Waals surface area contributed by atoms with Gasteiger partial charge in [-0.1, -0.05) is 37.0 Å². The summed E-state index contributed by atoms with van der Waals surface area (Å²) in [5, 5.41) is 6.64. The molecule has 24 heavy (non-hydrogen) atoms. The summed E-state index contributed by atoms with van der Waals surface area (Å²) >= 11 is 12.0. The molecule has 0 saturated carbocycles. The first-order valence-corrected chi connectivity index (χ1v) is 9.18. The Morgan fingerprint density at radius 3 is 2.54 bits per heavy atom. The quantitative estimate of drug-likeness (QED) is 0.804. The van der Waals surface area contributed by atoms with Gasteiger partial charge in [0, 0.05) is 44.3 Å². The van der Waals surface area contributed by atoms with E-state index in [1.165, 1.54) is 0 Å². The summed E-state index contributed by atoms with van der Waals surface area (Å²) in [6.07, 6.45) is 0. The van der Waals surface area contributed by atoms with Crippen LogP contribution in [0.25, 0.3) is 0 Å². The molecule has 7 heteroatoms. The highest BCUT2D eigenvalue weighted by molar-refractivity contribution is 6.35. The maximum absolute atomic E-state index is 12.0. The molecule has 1 aliphatic heterocycles. The number of carbonyl (C=O) groups excluding carboxylic acids is 1. The third-order valence-corrected chi connectivity index (χ3v) is 4.83. The average molecular weight is 373 g/mol. The van der Waals surface area contributed by atoms with Crippen LogP contribution in [-0.2, 0) is 0 Å². The van der Waals surface area contributed by atoms with Gasteiger partial charge in [0.05, 0.1) is 10.7 Å². The van der Waals surface area contributed by atoms with E-state index >= 15 is 0 Å². The Morgan fingerprint density at radius 2 is 1.88 bits per heavy atom. The van der Waals surface area contributed by atoms with Crippen molar-refractivity contribution in [3.63, 3.8) is 0 Å². The summed E-state index contributed by atoms with van der Waals surface area (Å²) in [6.45, 7) is 11.6. The van der Waals surface area contributed by atoms with Crippen LogP contribution in [0.4, 0.5) is 10.5 Å². The molecule has 5 nitrogen and oxygen atoms in total. The molecular formula is C17H26Cl2N4O. The molecule has 1 unspecified atom stereocenters. The molecule has 134 valence electrons. The van der Waals surface area contributed by atoms with Crippen molar-refractivity contribution in [1.29, 1.82) is 0 Å². The van der Waals surface area contributed by atoms with Gasteiger partial charge in [-0.05, 0) is 30.7 Å². The Balaban J connectivity index is 1.70. The lowest BCUT2D eigenvalue weighted by Crippen LogP contribution is -2.48. The van der Waals surface area contributed by atoms with Crippen molar-refractivity contribution in [2.45, 2.75) is 13.8 Å². The summed E-state index contributed by atoms with van der Waals surface area (Å²) in [5.41, 5.74) is 0.519. The number of anilines is 1. The fourth-order valence-electron chi connectivity index (χ4n) is 2.82. The van der Waals surface area contributed by atoms with Gasteiger partial charge in [0.2, 0.25) is 0 Å². The van der Waals surface area contributed by atoms with E-state index < -0.39 is 0 Å². The van der Waals surface area contributed by atoms with Crippen LogP contribution >= 0.6 is 23.2 Å². The van der Waals surface area contributed by atoms with Crippen molar-refractivity contribution in [3.8, 4) is 0 Å². The fraction of sp³-hybridized carbons (Fsp3) is 0.588. The highest BCUT2D eigenvalue weighted by atomic mass is 35.5. The minimum absolute atomic E-state index is 0.262. The minimum Gasteiger partial charge on any atom is -0.338 e. The van der Waals surface area contributed by atoms with E-state index in [1.54, 1.807) is 18.2 Å². The van der Waals surface area contributed by atoms with Crippen molar-refractivity contribution in [1.82, 2.24) is 15.1 Å². The molecule has 0 radical (unpaired) electrons. The van der Waals surface area contributed by atoms with Crippen LogP contribution in [0, 0.1) is 5.92 Å². The molecular weight excluding hydrogens is 347 g/mol. The lowest BCUT2D eigenvalue weighted by Gasteiger charge is -2.35. The summed E-state index contributed by atoms with van der Waals surface area (Å²) in [5.74, 6) is 0.388. The van der Waals surface area contributed by atoms with Crippen LogP contribution in [0.15, 0.2) is 18.2 Å². The third kappa shape index (κ3) is 6.13. The first kappa shape index (κ1) is 19.3. The van der Waals surface area contributed by atoms with Crippen LogP contribution in [0.3, 0.4) is 0 Å². The summed E-state index contributed by atoms with van der Waals surface area (Å²) < 4.78 is 0. The predicted octanol–water partition coefficient (Wildman–Crippen LogP) is 3.39. The van der Waals surface area contributed by atoms with Crippen LogP contribution in [-0.4, -0.2) is 61.6 Å². The smallest absolute Gasteiger partial charge is 0.319 e. The zero-order chi connectivity index (χ0) is 17.5. The minimum atomic E-state index is -0.262. The number of hydrogen-bond acceptors (Lipinski definition) is 3. The van der Waals surface area contributed by atoms with E-state index in [2.05, 4.69) is 34.3 Å². The number of nitrogens with one attached hydrogen (secondary N) is 2. The molecule has 1 atom stereocenters. The highest BCUT2D eigenvalue weighted by Gasteiger charge is 2.17. The van der Waals surface area contributed by atoms with Gasteiger partial charge in [-0.15, -0.1) is 0 Å². The van der Waals surface area contributed by atoms with E-state index in [0.717, 1.165) is 39.3 Å². The number of nitrogens with zero attached hydrogens (tertiary/aromatic N) is 2. The molecule has 2 rings (SSSR count). The standard InChI is InChI=1S/C17H26Cl2N4O/c1-3-22-6-8-23(9-7-22)12-13(2)11-20-17(24)21-16-10-14(18)4-5-15(16)19/h4-5,10,13H,3,6-9,11-12H2,1-2H3,(H2,20,21,24). The largest absolute Gasteiger partial charge is 0.338 e. The van der Waals surface area contributed by atoms with Crippen LogP contribution in [0.1, 0.15) is 13.8 Å². The molecule has 1 saturated heterocycles. The number of rotatable bonds is 6. The van der Waals surface area contributed by atoms with Gasteiger partial charge >= 0.3 is 6.03 Å². The summed E-state index contributed by atoms with van der Waals surface area (Å²) in [4.78, 5) is 16.9. The maximum atomic E-state index is 12.0. The van der Waals surface area contributed by atoms with Gasteiger partial charge in [-0.3, -0.25) is 0 Å². The molecule has 1 aliphatic rings. The summed E-state index contributed by atoms with van der Waals surface area (Å²) in [6, 6.07) is 4.73. The van der Waals surface area contributed by atoms with Gasteiger partial charge in [0.25, 0.3) is 0 Å². The number of piperazine rings is 1. The zero-order valence-electron chi connectivity index (χ0n) is 14.3. The van der Waals surface area contributed by atoms with E-state index in [-0.39, 0.29) is 6.03 Å². The van der Waals surface area contributed by atoms with E-state index in [9.17, 15) is 4.79 Å². The maximum Gasteiger partial charge on any atom is 0.319 e. The fourth-order valence-corrected chi connectivity index (χ4v) is 3.16. The van der Waals surface area contributed by atoms with Crippen molar-refractivity contribution in [2.24, 2.45) is 5.92 Å². The molecule has 0 aromatic heterocycles. The Hall–Kier alpha value is -1.01. The Morgan fingerprint density at radius 1 is 1.21 bits per heavy atom. The molecule has 0 aliphatic carbocycles. The molecule has 1 heterocycles. The molecule has 2 amide bonds. The van der Waals surface area contributed by atoms with Crippen molar-refractivity contribution < 1.29 is 4.79 Å². The third-order valence-electron chi connectivity index (χ3n) is 4.27. The molecule has 1 fully saturated rings. The number of benzene rings is 1. The topological polar surface area (TPSA) is 47.6 Å². The highest BCUT2D eigenvalue weighted by Crippen LogP contribution is 2.25. The monoisotopic (exact) mass is 372 g/mol. The number of halogens is 2. The Bertz CT molecular complexity index is 547. The molecule has 0 bridgehead atoms. The van der Waals surface area contributed by atoms with Crippen molar-refractivity contribution in [3.05, 3.63) is 28.2 Å². The van der Waals surface area contributed by atoms with Crippen molar-refractivity contribution >= 4 is 34.9 Å². The molecule has 2 N–H and O–H groups in total. The van der Waals surface area contributed by atoms with Gasteiger partial charge in [-0.2, -0.15) is 0 Å². The van der Waals surface area contributed by atoms with Gasteiger partial charge in [-0.25, -0.2) is 4.79 Å².